The lowest BCUT2D eigenvalue weighted by molar-refractivity contribution is -0.384. The van der Waals surface area contributed by atoms with E-state index in [1.165, 1.54) is 26.4 Å². The molecule has 132 valence electrons. The zero-order valence-corrected chi connectivity index (χ0v) is 14.1. The van der Waals surface area contributed by atoms with Crippen LogP contribution in [0, 0.1) is 10.1 Å². The highest BCUT2D eigenvalue weighted by Crippen LogP contribution is 2.34. The van der Waals surface area contributed by atoms with E-state index in [1.54, 1.807) is 23.2 Å². The van der Waals surface area contributed by atoms with Gasteiger partial charge >= 0.3 is 11.9 Å². The van der Waals surface area contributed by atoms with E-state index in [-0.39, 0.29) is 12.1 Å². The number of hydrogen-bond donors (Lipinski definition) is 0. The predicted octanol–water partition coefficient (Wildman–Crippen LogP) is 2.26. The van der Waals surface area contributed by atoms with Crippen molar-refractivity contribution in [3.63, 3.8) is 0 Å². The van der Waals surface area contributed by atoms with Crippen LogP contribution in [0.4, 0.5) is 5.69 Å². The topological polar surface area (TPSA) is 99.0 Å². The quantitative estimate of drug-likeness (QED) is 0.458. The second-order valence-corrected chi connectivity index (χ2v) is 5.23. The van der Waals surface area contributed by atoms with Crippen LogP contribution in [0.15, 0.2) is 41.6 Å². The third kappa shape index (κ3) is 3.68. The van der Waals surface area contributed by atoms with Crippen molar-refractivity contribution in [2.75, 3.05) is 20.8 Å². The molecule has 0 fully saturated rings. The van der Waals surface area contributed by atoms with Gasteiger partial charge in [-0.1, -0.05) is 0 Å². The molecule has 0 amide bonds. The molecule has 25 heavy (non-hydrogen) atoms. The first kappa shape index (κ1) is 18.2. The van der Waals surface area contributed by atoms with Gasteiger partial charge < -0.3 is 14.4 Å². The Balaban J connectivity index is 2.55. The van der Waals surface area contributed by atoms with Crippen molar-refractivity contribution in [1.29, 1.82) is 0 Å². The number of methoxy groups -OCH3 is 2. The molecule has 0 aliphatic carbocycles. The number of non-ortho nitro benzene ring substituents is 1. The fourth-order valence-corrected chi connectivity index (χ4v) is 2.62. The number of esters is 2. The molecule has 2 rings (SSSR count). The van der Waals surface area contributed by atoms with Crippen molar-refractivity contribution in [2.24, 2.45) is 0 Å². The minimum Gasteiger partial charge on any atom is -0.466 e. The second-order valence-electron chi connectivity index (χ2n) is 5.23. The highest BCUT2D eigenvalue weighted by Gasteiger charge is 2.29. The summed E-state index contributed by atoms with van der Waals surface area (Å²) in [5.74, 6) is -1.09. The summed E-state index contributed by atoms with van der Waals surface area (Å²) in [5.41, 5.74) is 1.75. The molecule has 1 aromatic carbocycles. The molecule has 0 radical (unpaired) electrons. The van der Waals surface area contributed by atoms with E-state index in [9.17, 15) is 19.7 Å². The molecule has 0 saturated heterocycles. The summed E-state index contributed by atoms with van der Waals surface area (Å²) >= 11 is 0. The lowest BCUT2D eigenvalue weighted by atomic mass is 9.95. The Morgan fingerprint density at radius 3 is 2.24 bits per heavy atom. The van der Waals surface area contributed by atoms with Gasteiger partial charge in [-0.05, 0) is 24.6 Å². The number of nitro benzene ring substituents is 1. The smallest absolute Gasteiger partial charge is 0.336 e. The highest BCUT2D eigenvalue weighted by molar-refractivity contribution is 6.02. The Bertz CT molecular complexity index is 764. The van der Waals surface area contributed by atoms with Gasteiger partial charge in [0.05, 0.1) is 36.0 Å². The maximum atomic E-state index is 12.2. The summed E-state index contributed by atoms with van der Waals surface area (Å²) in [7, 11) is 2.53. The second kappa shape index (κ2) is 7.61. The Labute approximate surface area is 144 Å². The van der Waals surface area contributed by atoms with Gasteiger partial charge in [-0.15, -0.1) is 0 Å². The summed E-state index contributed by atoms with van der Waals surface area (Å²) in [5, 5.41) is 10.8. The third-order valence-corrected chi connectivity index (χ3v) is 3.82. The van der Waals surface area contributed by atoms with Gasteiger partial charge in [0.15, 0.2) is 0 Å². The maximum absolute atomic E-state index is 12.2. The Morgan fingerprint density at radius 2 is 1.76 bits per heavy atom. The molecule has 1 heterocycles. The van der Waals surface area contributed by atoms with Crippen molar-refractivity contribution in [3.05, 3.63) is 57.3 Å². The van der Waals surface area contributed by atoms with Crippen LogP contribution in [0.2, 0.25) is 0 Å². The van der Waals surface area contributed by atoms with Gasteiger partial charge in [-0.25, -0.2) is 9.59 Å². The lowest BCUT2D eigenvalue weighted by Gasteiger charge is -2.30. The number of nitrogens with zero attached hydrogens (tertiary/aromatic N) is 2. The van der Waals surface area contributed by atoms with Crippen LogP contribution in [0.5, 0.6) is 0 Å². The number of nitro groups is 1. The Hall–Kier alpha value is -3.16. The van der Waals surface area contributed by atoms with E-state index < -0.39 is 16.9 Å². The Morgan fingerprint density at radius 1 is 1.16 bits per heavy atom. The molecule has 1 aliphatic heterocycles. The van der Waals surface area contributed by atoms with E-state index in [4.69, 9.17) is 9.47 Å². The Kier molecular flexibility index (Phi) is 5.53. The average molecular weight is 346 g/mol. The minimum absolute atomic E-state index is 0.0476. The summed E-state index contributed by atoms with van der Waals surface area (Å²) in [6.45, 7) is 2.34. The van der Waals surface area contributed by atoms with Crippen LogP contribution < -0.4 is 0 Å². The number of hydrogen-bond acceptors (Lipinski definition) is 7. The lowest BCUT2D eigenvalue weighted by Crippen LogP contribution is -2.27. The van der Waals surface area contributed by atoms with Crippen LogP contribution in [0.1, 0.15) is 18.9 Å². The summed E-state index contributed by atoms with van der Waals surface area (Å²) < 4.78 is 9.59. The molecular weight excluding hydrogens is 328 g/mol. The van der Waals surface area contributed by atoms with E-state index in [1.807, 2.05) is 6.92 Å². The van der Waals surface area contributed by atoms with Crippen molar-refractivity contribution in [1.82, 2.24) is 4.90 Å². The van der Waals surface area contributed by atoms with E-state index in [0.717, 1.165) is 0 Å². The van der Waals surface area contributed by atoms with Crippen LogP contribution in [0.3, 0.4) is 0 Å². The number of benzene rings is 1. The summed E-state index contributed by atoms with van der Waals surface area (Å²) in [6, 6.07) is 5.86. The van der Waals surface area contributed by atoms with Gasteiger partial charge in [-0.2, -0.15) is 0 Å². The molecule has 0 spiro atoms. The molecule has 8 nitrogen and oxygen atoms in total. The van der Waals surface area contributed by atoms with Gasteiger partial charge in [0.25, 0.3) is 5.69 Å². The normalized spacial score (nSPS) is 14.0. The van der Waals surface area contributed by atoms with E-state index in [0.29, 0.717) is 29.0 Å². The van der Waals surface area contributed by atoms with Gasteiger partial charge in [-0.3, -0.25) is 10.1 Å². The minimum atomic E-state index is -0.568. The largest absolute Gasteiger partial charge is 0.466 e. The van der Waals surface area contributed by atoms with Crippen molar-refractivity contribution in [2.45, 2.75) is 13.3 Å². The zero-order valence-electron chi connectivity index (χ0n) is 14.1. The van der Waals surface area contributed by atoms with Crippen LogP contribution >= 0.6 is 0 Å². The fourth-order valence-electron chi connectivity index (χ4n) is 2.62. The SMILES string of the molecule is CCN1C=C(C(=O)OC)CC(C(=O)OC)=C1c1ccc([N+](=O)[O-])cc1. The third-order valence-electron chi connectivity index (χ3n) is 3.82. The predicted molar refractivity (Wildman–Crippen MR) is 89.1 cm³/mol. The monoisotopic (exact) mass is 346 g/mol. The van der Waals surface area contributed by atoms with E-state index in [2.05, 4.69) is 0 Å². The van der Waals surface area contributed by atoms with Crippen molar-refractivity contribution in [3.8, 4) is 0 Å². The van der Waals surface area contributed by atoms with Gasteiger partial charge in [0.1, 0.15) is 0 Å². The molecule has 0 atom stereocenters. The number of ether oxygens (including phenoxy) is 2. The van der Waals surface area contributed by atoms with Crippen LogP contribution in [0.25, 0.3) is 5.70 Å². The number of rotatable bonds is 5. The highest BCUT2D eigenvalue weighted by atomic mass is 16.6. The van der Waals surface area contributed by atoms with Crippen molar-refractivity contribution >= 4 is 23.3 Å². The number of carbonyl (C=O) groups is 2. The first-order valence-corrected chi connectivity index (χ1v) is 7.54. The van der Waals surface area contributed by atoms with Crippen LogP contribution in [-0.4, -0.2) is 42.5 Å². The van der Waals surface area contributed by atoms with E-state index >= 15 is 0 Å². The molecule has 0 unspecified atom stereocenters. The van der Waals surface area contributed by atoms with Gasteiger partial charge in [0, 0.05) is 31.3 Å². The molecule has 0 saturated carbocycles. The molecule has 0 bridgehead atoms. The zero-order chi connectivity index (χ0) is 18.6. The molecule has 0 aromatic heterocycles. The summed E-state index contributed by atoms with van der Waals surface area (Å²) in [6.07, 6.45) is 1.68. The first-order valence-electron chi connectivity index (χ1n) is 7.54. The van der Waals surface area contributed by atoms with Crippen molar-refractivity contribution < 1.29 is 24.0 Å². The van der Waals surface area contributed by atoms with Gasteiger partial charge in [0.2, 0.25) is 0 Å². The fraction of sp³-hybridized carbons (Fsp3) is 0.294. The molecule has 0 N–H and O–H groups in total. The average Bonchev–Trinajstić information content (AvgIpc) is 2.65. The molecule has 8 heteroatoms. The van der Waals surface area contributed by atoms with Crippen LogP contribution in [-0.2, 0) is 19.1 Å². The summed E-state index contributed by atoms with van der Waals surface area (Å²) in [4.78, 5) is 36.2. The standard InChI is InChI=1S/C17H18N2O6/c1-4-18-10-12(16(20)24-2)9-14(17(21)25-3)15(18)11-5-7-13(8-6-11)19(22)23/h5-8,10H,4,9H2,1-3H3. The molecule has 1 aliphatic rings. The maximum Gasteiger partial charge on any atom is 0.336 e. The first-order chi connectivity index (χ1) is 11.9. The number of carbonyl (C=O) groups excluding carboxylic acids is 2. The molecular formula is C17H18N2O6. The molecule has 1 aromatic rings.